The Morgan fingerprint density at radius 2 is 1.82 bits per heavy atom. The van der Waals surface area contributed by atoms with Crippen LogP contribution >= 0.6 is 0 Å². The molecule has 28 heavy (non-hydrogen) atoms. The van der Waals surface area contributed by atoms with Gasteiger partial charge in [-0.15, -0.1) is 10.2 Å². The first kappa shape index (κ1) is 18.7. The van der Waals surface area contributed by atoms with Crippen molar-refractivity contribution < 1.29 is 21.6 Å². The second-order valence-corrected chi connectivity index (χ2v) is 8.55. The number of halogens is 2. The third-order valence-electron chi connectivity index (χ3n) is 4.70. The first-order chi connectivity index (χ1) is 13.4. The van der Waals surface area contributed by atoms with E-state index in [1.54, 1.807) is 0 Å². The zero-order valence-corrected chi connectivity index (χ0v) is 15.6. The molecule has 1 atom stereocenters. The molecular weight excluding hydrogens is 388 g/mol. The fourth-order valence-corrected chi connectivity index (χ4v) is 4.80. The fraction of sp³-hybridized carbons (Fsp3) is 0.263. The summed E-state index contributed by atoms with van der Waals surface area (Å²) >= 11 is 0. The molecule has 1 aliphatic heterocycles. The highest BCUT2D eigenvalue weighted by molar-refractivity contribution is 7.89. The topological polar surface area (TPSA) is 76.3 Å². The van der Waals surface area contributed by atoms with Crippen LogP contribution in [0.2, 0.25) is 0 Å². The Morgan fingerprint density at radius 3 is 2.57 bits per heavy atom. The van der Waals surface area contributed by atoms with Crippen LogP contribution in [-0.2, 0) is 10.0 Å². The van der Waals surface area contributed by atoms with E-state index in [1.807, 2.05) is 0 Å². The molecule has 2 heterocycles. The molecule has 1 aliphatic rings. The quantitative estimate of drug-likeness (QED) is 0.663. The predicted octanol–water partition coefficient (Wildman–Crippen LogP) is 3.58. The van der Waals surface area contributed by atoms with Gasteiger partial charge < -0.3 is 4.42 Å². The van der Waals surface area contributed by atoms with Gasteiger partial charge in [-0.2, -0.15) is 4.31 Å². The van der Waals surface area contributed by atoms with Crippen LogP contribution < -0.4 is 0 Å². The lowest BCUT2D eigenvalue weighted by molar-refractivity contribution is 0.286. The number of hydrogen-bond donors (Lipinski definition) is 0. The van der Waals surface area contributed by atoms with Crippen LogP contribution in [-0.4, -0.2) is 36.0 Å². The molecule has 4 rings (SSSR count). The van der Waals surface area contributed by atoms with Gasteiger partial charge in [-0.1, -0.05) is 6.07 Å². The third kappa shape index (κ3) is 3.67. The second-order valence-electron chi connectivity index (χ2n) is 6.61. The van der Waals surface area contributed by atoms with Crippen LogP contribution in [0.15, 0.2) is 57.8 Å². The summed E-state index contributed by atoms with van der Waals surface area (Å²) in [6, 6.07) is 10.6. The summed E-state index contributed by atoms with van der Waals surface area (Å²) in [6.45, 7) is 0.512. The van der Waals surface area contributed by atoms with Gasteiger partial charge in [0, 0.05) is 18.7 Å². The SMILES string of the molecule is O=S(=O)(c1cccc(F)c1)N1CCCC(c2nnc(-c3ccc(F)cc3)o2)C1. The Kier molecular flexibility index (Phi) is 4.94. The first-order valence-electron chi connectivity index (χ1n) is 8.78. The fourth-order valence-electron chi connectivity index (χ4n) is 3.25. The Bertz CT molecular complexity index is 1080. The number of aromatic nitrogens is 2. The number of sulfonamides is 1. The van der Waals surface area contributed by atoms with Crippen molar-refractivity contribution in [1.82, 2.24) is 14.5 Å². The molecule has 1 aromatic heterocycles. The van der Waals surface area contributed by atoms with Gasteiger partial charge in [0.15, 0.2) is 0 Å². The highest BCUT2D eigenvalue weighted by Crippen LogP contribution is 2.31. The molecule has 9 heteroatoms. The molecule has 0 spiro atoms. The monoisotopic (exact) mass is 405 g/mol. The van der Waals surface area contributed by atoms with E-state index < -0.39 is 15.8 Å². The van der Waals surface area contributed by atoms with Crippen LogP contribution in [0, 0.1) is 11.6 Å². The number of rotatable bonds is 4. The average molecular weight is 405 g/mol. The normalized spacial score (nSPS) is 18.3. The van der Waals surface area contributed by atoms with Gasteiger partial charge in [-0.05, 0) is 55.3 Å². The number of benzene rings is 2. The molecule has 0 radical (unpaired) electrons. The Labute approximate surface area is 160 Å². The number of piperidine rings is 1. The number of hydrogen-bond acceptors (Lipinski definition) is 5. The molecule has 1 unspecified atom stereocenters. The van der Waals surface area contributed by atoms with Crippen molar-refractivity contribution in [3.63, 3.8) is 0 Å². The largest absolute Gasteiger partial charge is 0.420 e. The lowest BCUT2D eigenvalue weighted by Crippen LogP contribution is -2.39. The van der Waals surface area contributed by atoms with E-state index in [4.69, 9.17) is 4.42 Å². The van der Waals surface area contributed by atoms with E-state index in [0.717, 1.165) is 6.07 Å². The molecule has 1 fully saturated rings. The van der Waals surface area contributed by atoms with Gasteiger partial charge in [0.2, 0.25) is 21.8 Å². The zero-order valence-electron chi connectivity index (χ0n) is 14.8. The van der Waals surface area contributed by atoms with E-state index in [1.165, 1.54) is 46.8 Å². The van der Waals surface area contributed by atoms with Gasteiger partial charge in [0.25, 0.3) is 0 Å². The van der Waals surface area contributed by atoms with Crippen molar-refractivity contribution in [3.05, 3.63) is 66.1 Å². The van der Waals surface area contributed by atoms with Crippen molar-refractivity contribution in [2.24, 2.45) is 0 Å². The first-order valence-corrected chi connectivity index (χ1v) is 10.2. The molecule has 1 saturated heterocycles. The minimum absolute atomic E-state index is 0.0781. The number of nitrogens with zero attached hydrogens (tertiary/aromatic N) is 3. The Hall–Kier alpha value is -2.65. The molecule has 146 valence electrons. The summed E-state index contributed by atoms with van der Waals surface area (Å²) in [5, 5.41) is 8.04. The Balaban J connectivity index is 1.55. The van der Waals surface area contributed by atoms with Gasteiger partial charge in [0.1, 0.15) is 11.6 Å². The van der Waals surface area contributed by atoms with Crippen LogP contribution in [0.3, 0.4) is 0 Å². The van der Waals surface area contributed by atoms with Crippen molar-refractivity contribution in [3.8, 4) is 11.5 Å². The van der Waals surface area contributed by atoms with Crippen molar-refractivity contribution in [2.75, 3.05) is 13.1 Å². The molecule has 0 amide bonds. The lowest BCUT2D eigenvalue weighted by Gasteiger charge is -2.30. The summed E-state index contributed by atoms with van der Waals surface area (Å²) in [6.07, 6.45) is 1.31. The predicted molar refractivity (Wildman–Crippen MR) is 96.8 cm³/mol. The van der Waals surface area contributed by atoms with Gasteiger partial charge in [0.05, 0.1) is 10.8 Å². The summed E-state index contributed by atoms with van der Waals surface area (Å²) < 4.78 is 59.2. The summed E-state index contributed by atoms with van der Waals surface area (Å²) in [4.78, 5) is -0.0781. The molecule has 2 aromatic carbocycles. The van der Waals surface area contributed by atoms with Crippen molar-refractivity contribution in [2.45, 2.75) is 23.7 Å². The Morgan fingerprint density at radius 1 is 1.04 bits per heavy atom. The van der Waals surface area contributed by atoms with Crippen molar-refractivity contribution >= 4 is 10.0 Å². The minimum atomic E-state index is -3.81. The van der Waals surface area contributed by atoms with Crippen LogP contribution in [0.4, 0.5) is 8.78 Å². The molecule has 0 saturated carbocycles. The smallest absolute Gasteiger partial charge is 0.247 e. The second kappa shape index (κ2) is 7.40. The highest BCUT2D eigenvalue weighted by atomic mass is 32.2. The van der Waals surface area contributed by atoms with E-state index in [2.05, 4.69) is 10.2 Å². The average Bonchev–Trinajstić information content (AvgIpc) is 3.19. The van der Waals surface area contributed by atoms with E-state index in [-0.39, 0.29) is 29.1 Å². The standard InChI is InChI=1S/C19H17F2N3O3S/c20-15-8-6-13(7-9-15)18-22-23-19(27-18)14-3-2-10-24(12-14)28(25,26)17-5-1-4-16(21)11-17/h1,4-9,11,14H,2-3,10,12H2. The molecule has 0 N–H and O–H groups in total. The summed E-state index contributed by atoms with van der Waals surface area (Å²) in [5.41, 5.74) is 0.584. The van der Waals surface area contributed by atoms with Gasteiger partial charge >= 0.3 is 0 Å². The zero-order chi connectivity index (χ0) is 19.7. The molecule has 6 nitrogen and oxygen atoms in total. The van der Waals surface area contributed by atoms with Gasteiger partial charge in [-0.3, -0.25) is 0 Å². The molecular formula is C19H17F2N3O3S. The van der Waals surface area contributed by atoms with Crippen LogP contribution in [0.1, 0.15) is 24.7 Å². The highest BCUT2D eigenvalue weighted by Gasteiger charge is 2.33. The summed E-state index contributed by atoms with van der Waals surface area (Å²) in [7, 11) is -3.81. The van der Waals surface area contributed by atoms with E-state index >= 15 is 0 Å². The maximum atomic E-state index is 13.5. The van der Waals surface area contributed by atoms with E-state index in [9.17, 15) is 17.2 Å². The van der Waals surface area contributed by atoms with Crippen molar-refractivity contribution in [1.29, 1.82) is 0 Å². The maximum absolute atomic E-state index is 13.5. The summed E-state index contributed by atoms with van der Waals surface area (Å²) in [5.74, 6) is -0.651. The molecule has 3 aromatic rings. The lowest BCUT2D eigenvalue weighted by atomic mass is 10.00. The maximum Gasteiger partial charge on any atom is 0.247 e. The van der Waals surface area contributed by atoms with Crippen LogP contribution in [0.5, 0.6) is 0 Å². The molecule has 0 bridgehead atoms. The molecule has 0 aliphatic carbocycles. The van der Waals surface area contributed by atoms with Gasteiger partial charge in [-0.25, -0.2) is 17.2 Å². The van der Waals surface area contributed by atoms with E-state index in [0.29, 0.717) is 30.8 Å². The third-order valence-corrected chi connectivity index (χ3v) is 6.56. The minimum Gasteiger partial charge on any atom is -0.420 e. The van der Waals surface area contributed by atoms with Crippen LogP contribution in [0.25, 0.3) is 11.5 Å².